The van der Waals surface area contributed by atoms with Gasteiger partial charge in [-0.05, 0) is 93.2 Å². The van der Waals surface area contributed by atoms with E-state index in [1.54, 1.807) is 53.4 Å². The van der Waals surface area contributed by atoms with E-state index >= 15 is 4.39 Å². The van der Waals surface area contributed by atoms with E-state index in [2.05, 4.69) is 56.1 Å². The number of nitrogens with zero attached hydrogens (tertiary/aromatic N) is 13. The van der Waals surface area contributed by atoms with Crippen molar-refractivity contribution < 1.29 is 18.4 Å². The van der Waals surface area contributed by atoms with Gasteiger partial charge in [-0.1, -0.05) is 108 Å². The molecule has 420 valence electrons. The third kappa shape index (κ3) is 12.0. The number of nitriles is 1. The highest BCUT2D eigenvalue weighted by molar-refractivity contribution is 6.34. The Hall–Kier alpha value is -8.14. The second kappa shape index (κ2) is 23.9. The van der Waals surface area contributed by atoms with Gasteiger partial charge in [0.15, 0.2) is 11.6 Å². The van der Waals surface area contributed by atoms with Crippen LogP contribution in [0.3, 0.4) is 0 Å². The molecule has 3 aliphatic rings. The number of benzene rings is 2. The first-order chi connectivity index (χ1) is 38.4. The molecule has 2 amide bonds. The number of piperazine rings is 2. The number of halogens is 4. The van der Waals surface area contributed by atoms with Crippen LogP contribution in [0.25, 0.3) is 39.1 Å². The number of fused-ring (bicyclic) bond motifs is 2. The van der Waals surface area contributed by atoms with Crippen LogP contribution in [0.1, 0.15) is 90.5 Å². The number of amidine groups is 1. The summed E-state index contributed by atoms with van der Waals surface area (Å²) in [4.78, 5) is 76.4. The molecule has 6 aromatic rings. The van der Waals surface area contributed by atoms with Gasteiger partial charge in [0.2, 0.25) is 11.8 Å². The summed E-state index contributed by atoms with van der Waals surface area (Å²) in [6, 6.07) is 17.6. The van der Waals surface area contributed by atoms with Gasteiger partial charge in [-0.25, -0.2) is 38.5 Å². The number of amides is 2. The Kier molecular flexibility index (Phi) is 17.4. The van der Waals surface area contributed by atoms with Crippen molar-refractivity contribution in [1.82, 2.24) is 44.2 Å². The molecule has 0 bridgehead atoms. The first-order valence-corrected chi connectivity index (χ1v) is 27.3. The normalized spacial score (nSPS) is 17.3. The Morgan fingerprint density at radius 1 is 0.827 bits per heavy atom. The van der Waals surface area contributed by atoms with Crippen LogP contribution in [0.4, 0.5) is 26.1 Å². The van der Waals surface area contributed by atoms with Gasteiger partial charge in [0.1, 0.15) is 34.8 Å². The number of hydrogen-bond donors (Lipinski definition) is 0. The van der Waals surface area contributed by atoms with Crippen LogP contribution in [0, 0.1) is 35.3 Å². The fraction of sp³-hybridized carbons (Fsp3) is 0.344. The summed E-state index contributed by atoms with van der Waals surface area (Å²) in [7, 11) is 0. The maximum atomic E-state index is 15.1. The van der Waals surface area contributed by atoms with E-state index in [0.29, 0.717) is 102 Å². The van der Waals surface area contributed by atoms with Crippen molar-refractivity contribution in [1.29, 1.82) is 5.26 Å². The van der Waals surface area contributed by atoms with Gasteiger partial charge in [0.05, 0.1) is 68.0 Å². The number of carbonyl (C=O) groups excluding carboxylic acids is 2. The highest BCUT2D eigenvalue weighted by Gasteiger charge is 2.39. The van der Waals surface area contributed by atoms with Crippen LogP contribution in [0.5, 0.6) is 0 Å². The first-order valence-electron chi connectivity index (χ1n) is 26.6. The Balaban J connectivity index is 0.000000216. The largest absolute Gasteiger partial charge is 0.352 e. The fourth-order valence-corrected chi connectivity index (χ4v) is 10.9. The number of aryl methyl sites for hydroxylation is 1. The Morgan fingerprint density at radius 3 is 2.01 bits per heavy atom. The van der Waals surface area contributed by atoms with Crippen molar-refractivity contribution in [3.05, 3.63) is 160 Å². The zero-order chi connectivity index (χ0) is 58.9. The molecule has 3 unspecified atom stereocenters. The maximum Gasteiger partial charge on any atom is 0.351 e. The molecule has 81 heavy (non-hydrogen) atoms. The number of hydrogen-bond acceptors (Lipinski definition) is 13. The van der Waals surface area contributed by atoms with Gasteiger partial charge in [-0.15, -0.1) is 0 Å². The van der Waals surface area contributed by atoms with Gasteiger partial charge < -0.3 is 19.6 Å². The Morgan fingerprint density at radius 2 is 1.43 bits per heavy atom. The summed E-state index contributed by atoms with van der Waals surface area (Å²) in [5, 5.41) is 10.4. The van der Waals surface area contributed by atoms with Crippen molar-refractivity contribution in [2.75, 3.05) is 42.5 Å². The molecule has 0 N–H and O–H groups in total. The number of allylic oxidation sites excluding steroid dienone is 1. The van der Waals surface area contributed by atoms with Crippen molar-refractivity contribution >= 4 is 74.8 Å². The predicted molar refractivity (Wildman–Crippen MR) is 317 cm³/mol. The summed E-state index contributed by atoms with van der Waals surface area (Å²) < 4.78 is 31.3. The van der Waals surface area contributed by atoms with Crippen LogP contribution in [0.15, 0.2) is 115 Å². The second-order valence-corrected chi connectivity index (χ2v) is 22.8. The molecule has 7 heterocycles. The average molecular weight is 1140 g/mol. The lowest BCUT2D eigenvalue weighted by atomic mass is 9.97. The molecule has 0 saturated carbocycles. The SMILES string of the molecule is C=CC(=O)N1CC(C)N(C2=NC(=C)N(c3c(C)nc(C(=C)C)nc3C(C)C)c3nc(-c4ccccc4F)c(Cl)cc32)CC1C.C=CC(=O)N1CCN(c2nc(=O)n(CC(C)(C)C)c3nc(-c4ccccc4F)c(Cl)cc23)CC1CC#N. The monoisotopic (exact) mass is 1140 g/mol. The van der Waals surface area contributed by atoms with E-state index in [9.17, 15) is 24.0 Å². The molecule has 2 fully saturated rings. The van der Waals surface area contributed by atoms with Crippen molar-refractivity contribution in [2.24, 2.45) is 10.4 Å². The number of aromatic nitrogens is 6. The van der Waals surface area contributed by atoms with Gasteiger partial charge in [-0.3, -0.25) is 19.1 Å². The van der Waals surface area contributed by atoms with Crippen LogP contribution in [0.2, 0.25) is 10.0 Å². The molecule has 0 radical (unpaired) electrons. The molecule has 0 aliphatic carbocycles. The van der Waals surface area contributed by atoms with E-state index in [4.69, 9.17) is 48.1 Å². The lowest BCUT2D eigenvalue weighted by molar-refractivity contribution is -0.131. The van der Waals surface area contributed by atoms with Crippen LogP contribution < -0.4 is 15.5 Å². The Labute approximate surface area is 481 Å². The molecule has 2 saturated heterocycles. The van der Waals surface area contributed by atoms with Gasteiger partial charge in [0.25, 0.3) is 0 Å². The lowest BCUT2D eigenvalue weighted by Crippen LogP contribution is -2.59. The minimum Gasteiger partial charge on any atom is -0.352 e. The molecular weight excluding hydrogens is 1070 g/mol. The molecule has 3 atom stereocenters. The summed E-state index contributed by atoms with van der Waals surface area (Å²) in [6.07, 6.45) is 2.69. The van der Waals surface area contributed by atoms with E-state index < -0.39 is 23.4 Å². The van der Waals surface area contributed by atoms with Crippen LogP contribution in [-0.2, 0) is 16.1 Å². The molecule has 0 spiro atoms. The molecular formula is C61H65Cl2F2N13O3. The van der Waals surface area contributed by atoms with Crippen LogP contribution in [-0.4, -0.2) is 113 Å². The van der Waals surface area contributed by atoms with Crippen molar-refractivity contribution in [3.63, 3.8) is 0 Å². The number of pyridine rings is 2. The van der Waals surface area contributed by atoms with Crippen molar-refractivity contribution in [2.45, 2.75) is 99.3 Å². The highest BCUT2D eigenvalue weighted by atomic mass is 35.5. The quantitative estimate of drug-likeness (QED) is 0.119. The summed E-state index contributed by atoms with van der Waals surface area (Å²) in [5.74, 6) is 1.20. The van der Waals surface area contributed by atoms with Gasteiger partial charge in [0, 0.05) is 62.5 Å². The average Bonchev–Trinajstić information content (AvgIpc) is 3.47. The third-order valence-corrected chi connectivity index (χ3v) is 14.8. The minimum absolute atomic E-state index is 0.0149. The van der Waals surface area contributed by atoms with E-state index in [-0.39, 0.29) is 68.5 Å². The summed E-state index contributed by atoms with van der Waals surface area (Å²) >= 11 is 13.5. The number of carbonyl (C=O) groups is 2. The number of aliphatic imine (C=N–C) groups is 1. The molecule has 16 nitrogen and oxygen atoms in total. The third-order valence-electron chi connectivity index (χ3n) is 14.2. The first kappa shape index (κ1) is 59.0. The smallest absolute Gasteiger partial charge is 0.351 e. The molecule has 3 aliphatic heterocycles. The Bertz CT molecular complexity index is 3680. The van der Waals surface area contributed by atoms with Gasteiger partial charge >= 0.3 is 5.69 Å². The highest BCUT2D eigenvalue weighted by Crippen LogP contribution is 2.44. The topological polar surface area (TPSA) is 173 Å². The summed E-state index contributed by atoms with van der Waals surface area (Å²) in [5.41, 5.74) is 4.22. The molecule has 2 aromatic carbocycles. The minimum atomic E-state index is -0.492. The van der Waals surface area contributed by atoms with Crippen LogP contribution >= 0.6 is 23.2 Å². The number of anilines is 3. The standard InChI is InChI=1S/C34H37ClFN7O.C27H28ClFN6O2/c1-10-28(44)41-16-21(7)42(17-20(41)6)33-25-15-26(35)30(24-13-11-12-14-27(24)36)40-34(25)43(23(9)38-33)31-22(8)37-32(19(4)5)39-29(31)18(2)3;1-5-22(36)34-13-12-33(15-17(34)10-11-30)24-19-14-20(28)23(18-8-6-7-9-21(18)29)31-25(19)35(26(37)32-24)16-27(2,3)4/h10-15,18,20-21H,1,4,9,16-17H2,2-3,5-8H3;5-9,14,17H,1,10,12-13,15-16H2,2-4H3. The second-order valence-electron chi connectivity index (χ2n) is 21.9. The van der Waals surface area contributed by atoms with E-state index in [1.807, 2.05) is 63.2 Å². The van der Waals surface area contributed by atoms with E-state index in [0.717, 1.165) is 11.3 Å². The lowest BCUT2D eigenvalue weighted by Gasteiger charge is -2.46. The van der Waals surface area contributed by atoms with Gasteiger partial charge in [-0.2, -0.15) is 10.2 Å². The van der Waals surface area contributed by atoms with E-state index in [1.165, 1.54) is 28.9 Å². The maximum absolute atomic E-state index is 15.1. The zero-order valence-electron chi connectivity index (χ0n) is 47.1. The predicted octanol–water partition coefficient (Wildman–Crippen LogP) is 11.7. The molecule has 9 rings (SSSR count). The number of rotatable bonds is 10. The molecule has 4 aromatic heterocycles. The summed E-state index contributed by atoms with van der Waals surface area (Å²) in [6.45, 7) is 35.9. The zero-order valence-corrected chi connectivity index (χ0v) is 48.6. The molecule has 20 heteroatoms. The fourth-order valence-electron chi connectivity index (χ4n) is 10.4. The van der Waals surface area contributed by atoms with Crippen molar-refractivity contribution in [3.8, 4) is 28.6 Å².